The lowest BCUT2D eigenvalue weighted by Gasteiger charge is -2.36. The molecule has 0 aliphatic carbocycles. The normalized spacial score (nSPS) is 14.9. The zero-order chi connectivity index (χ0) is 20.1. The van der Waals surface area contributed by atoms with Crippen LogP contribution in [-0.4, -0.2) is 51.9 Å². The average Bonchev–Trinajstić information content (AvgIpc) is 2.70. The van der Waals surface area contributed by atoms with E-state index in [1.54, 1.807) is 17.0 Å². The number of amides is 1. The maximum absolute atomic E-state index is 12.4. The SMILES string of the molecule is O=C(CNS(=O)(=O)Cc1ccc(Cl)c(Cl)c1)N1CCN(c2ccccc2)CC1. The number of para-hydroxylation sites is 1. The molecule has 2 aromatic carbocycles. The number of benzene rings is 2. The molecule has 1 N–H and O–H groups in total. The van der Waals surface area contributed by atoms with Crippen LogP contribution in [-0.2, 0) is 20.6 Å². The molecule has 1 fully saturated rings. The van der Waals surface area contributed by atoms with Crippen molar-refractivity contribution in [2.45, 2.75) is 5.75 Å². The first kappa shape index (κ1) is 20.9. The van der Waals surface area contributed by atoms with E-state index in [2.05, 4.69) is 9.62 Å². The van der Waals surface area contributed by atoms with Crippen LogP contribution in [0.4, 0.5) is 5.69 Å². The van der Waals surface area contributed by atoms with E-state index in [0.29, 0.717) is 41.8 Å². The number of anilines is 1. The van der Waals surface area contributed by atoms with Crippen molar-refractivity contribution in [3.63, 3.8) is 0 Å². The first-order valence-corrected chi connectivity index (χ1v) is 11.2. The van der Waals surface area contributed by atoms with Gasteiger partial charge in [-0.2, -0.15) is 0 Å². The van der Waals surface area contributed by atoms with Gasteiger partial charge >= 0.3 is 0 Å². The Labute approximate surface area is 175 Å². The van der Waals surface area contributed by atoms with Crippen LogP contribution in [0.15, 0.2) is 48.5 Å². The van der Waals surface area contributed by atoms with Crippen molar-refractivity contribution in [1.82, 2.24) is 9.62 Å². The van der Waals surface area contributed by atoms with Gasteiger partial charge in [-0.25, -0.2) is 13.1 Å². The van der Waals surface area contributed by atoms with Crippen molar-refractivity contribution in [3.05, 3.63) is 64.1 Å². The van der Waals surface area contributed by atoms with E-state index in [0.717, 1.165) is 5.69 Å². The summed E-state index contributed by atoms with van der Waals surface area (Å²) in [6.45, 7) is 2.29. The van der Waals surface area contributed by atoms with Crippen LogP contribution in [0.2, 0.25) is 10.0 Å². The standard InChI is InChI=1S/C19H21Cl2N3O3S/c20-17-7-6-15(12-18(17)21)14-28(26,27)22-13-19(25)24-10-8-23(9-11-24)16-4-2-1-3-5-16/h1-7,12,22H,8-11,13-14H2. The van der Waals surface area contributed by atoms with Gasteiger partial charge in [-0.15, -0.1) is 0 Å². The molecule has 0 saturated carbocycles. The molecule has 1 aliphatic rings. The first-order valence-electron chi connectivity index (χ1n) is 8.83. The van der Waals surface area contributed by atoms with E-state index in [1.165, 1.54) is 6.07 Å². The molecule has 0 aromatic heterocycles. The maximum atomic E-state index is 12.4. The highest BCUT2D eigenvalue weighted by atomic mass is 35.5. The summed E-state index contributed by atoms with van der Waals surface area (Å²) in [6, 6.07) is 14.7. The zero-order valence-corrected chi connectivity index (χ0v) is 17.5. The second-order valence-electron chi connectivity index (χ2n) is 6.53. The second-order valence-corrected chi connectivity index (χ2v) is 9.15. The Hall–Kier alpha value is -1.80. The summed E-state index contributed by atoms with van der Waals surface area (Å²) in [5, 5.41) is 0.655. The Morgan fingerprint density at radius 2 is 1.64 bits per heavy atom. The molecule has 6 nitrogen and oxygen atoms in total. The number of carbonyl (C=O) groups excluding carboxylic acids is 1. The van der Waals surface area contributed by atoms with Crippen molar-refractivity contribution in [3.8, 4) is 0 Å². The van der Waals surface area contributed by atoms with Crippen LogP contribution in [0.3, 0.4) is 0 Å². The number of carbonyl (C=O) groups is 1. The van der Waals surface area contributed by atoms with Crippen LogP contribution in [0.1, 0.15) is 5.56 Å². The summed E-state index contributed by atoms with van der Waals surface area (Å²) in [5.74, 6) is -0.496. The number of piperazine rings is 1. The van der Waals surface area contributed by atoms with Crippen molar-refractivity contribution < 1.29 is 13.2 Å². The van der Waals surface area contributed by atoms with Gasteiger partial charge in [0.15, 0.2) is 0 Å². The Kier molecular flexibility index (Phi) is 6.82. The molecule has 3 rings (SSSR count). The number of halogens is 2. The Morgan fingerprint density at radius 3 is 2.29 bits per heavy atom. The van der Waals surface area contributed by atoms with Gasteiger partial charge in [0, 0.05) is 31.9 Å². The molecule has 0 atom stereocenters. The van der Waals surface area contributed by atoms with E-state index in [-0.39, 0.29) is 18.2 Å². The maximum Gasteiger partial charge on any atom is 0.237 e. The number of sulfonamides is 1. The Morgan fingerprint density at radius 1 is 0.964 bits per heavy atom. The van der Waals surface area contributed by atoms with Crippen LogP contribution in [0.25, 0.3) is 0 Å². The molecule has 0 radical (unpaired) electrons. The fourth-order valence-electron chi connectivity index (χ4n) is 3.04. The molecule has 1 heterocycles. The van der Waals surface area contributed by atoms with Gasteiger partial charge in [-0.1, -0.05) is 47.5 Å². The molecular weight excluding hydrogens is 421 g/mol. The molecule has 1 saturated heterocycles. The molecule has 0 spiro atoms. The minimum Gasteiger partial charge on any atom is -0.368 e. The monoisotopic (exact) mass is 441 g/mol. The van der Waals surface area contributed by atoms with Crippen LogP contribution < -0.4 is 9.62 Å². The number of rotatable bonds is 6. The average molecular weight is 442 g/mol. The van der Waals surface area contributed by atoms with E-state index in [1.807, 2.05) is 30.3 Å². The molecule has 1 amide bonds. The topological polar surface area (TPSA) is 69.7 Å². The van der Waals surface area contributed by atoms with Gasteiger partial charge in [-0.05, 0) is 29.8 Å². The minimum atomic E-state index is -3.66. The van der Waals surface area contributed by atoms with Crippen LogP contribution >= 0.6 is 23.2 Å². The number of hydrogen-bond donors (Lipinski definition) is 1. The third-order valence-electron chi connectivity index (χ3n) is 4.54. The van der Waals surface area contributed by atoms with Crippen molar-refractivity contribution in [2.75, 3.05) is 37.6 Å². The number of nitrogens with zero attached hydrogens (tertiary/aromatic N) is 2. The fraction of sp³-hybridized carbons (Fsp3) is 0.316. The fourth-order valence-corrected chi connectivity index (χ4v) is 4.42. The number of nitrogens with one attached hydrogen (secondary N) is 1. The molecule has 0 bridgehead atoms. The molecule has 9 heteroatoms. The van der Waals surface area contributed by atoms with Gasteiger partial charge in [0.25, 0.3) is 0 Å². The lowest BCUT2D eigenvalue weighted by atomic mass is 10.2. The Balaban J connectivity index is 1.49. The van der Waals surface area contributed by atoms with Crippen molar-refractivity contribution >= 4 is 44.8 Å². The van der Waals surface area contributed by atoms with Gasteiger partial charge in [0.2, 0.25) is 15.9 Å². The molecule has 150 valence electrons. The van der Waals surface area contributed by atoms with Crippen molar-refractivity contribution in [1.29, 1.82) is 0 Å². The lowest BCUT2D eigenvalue weighted by molar-refractivity contribution is -0.130. The largest absolute Gasteiger partial charge is 0.368 e. The number of hydrogen-bond acceptors (Lipinski definition) is 4. The smallest absolute Gasteiger partial charge is 0.237 e. The Bertz CT molecular complexity index is 931. The van der Waals surface area contributed by atoms with E-state index in [4.69, 9.17) is 23.2 Å². The summed E-state index contributed by atoms with van der Waals surface area (Å²) in [7, 11) is -3.66. The van der Waals surface area contributed by atoms with Gasteiger partial charge in [0.1, 0.15) is 0 Å². The quantitative estimate of drug-likeness (QED) is 0.747. The predicted octanol–water partition coefficient (Wildman–Crippen LogP) is 2.76. The minimum absolute atomic E-state index is 0.231. The summed E-state index contributed by atoms with van der Waals surface area (Å²) >= 11 is 11.8. The van der Waals surface area contributed by atoms with Gasteiger partial charge in [-0.3, -0.25) is 4.79 Å². The third kappa shape index (κ3) is 5.61. The predicted molar refractivity (Wildman–Crippen MR) is 112 cm³/mol. The molecule has 1 aliphatic heterocycles. The molecule has 0 unspecified atom stereocenters. The lowest BCUT2D eigenvalue weighted by Crippen LogP contribution is -2.51. The highest BCUT2D eigenvalue weighted by Gasteiger charge is 2.22. The third-order valence-corrected chi connectivity index (χ3v) is 6.57. The highest BCUT2D eigenvalue weighted by molar-refractivity contribution is 7.88. The van der Waals surface area contributed by atoms with Gasteiger partial charge in [0.05, 0.1) is 22.3 Å². The molecule has 2 aromatic rings. The van der Waals surface area contributed by atoms with E-state index >= 15 is 0 Å². The first-order chi connectivity index (χ1) is 13.3. The van der Waals surface area contributed by atoms with Crippen LogP contribution in [0, 0.1) is 0 Å². The van der Waals surface area contributed by atoms with E-state index in [9.17, 15) is 13.2 Å². The highest BCUT2D eigenvalue weighted by Crippen LogP contribution is 2.23. The summed E-state index contributed by atoms with van der Waals surface area (Å²) in [5.41, 5.74) is 1.63. The second kappa shape index (κ2) is 9.13. The van der Waals surface area contributed by atoms with Gasteiger partial charge < -0.3 is 9.80 Å². The van der Waals surface area contributed by atoms with Crippen molar-refractivity contribution in [2.24, 2.45) is 0 Å². The molecule has 28 heavy (non-hydrogen) atoms. The summed E-state index contributed by atoms with van der Waals surface area (Å²) in [6.07, 6.45) is 0. The zero-order valence-electron chi connectivity index (χ0n) is 15.1. The van der Waals surface area contributed by atoms with E-state index < -0.39 is 10.0 Å². The molecular formula is C19H21Cl2N3O3S. The summed E-state index contributed by atoms with van der Waals surface area (Å²) < 4.78 is 26.9. The van der Waals surface area contributed by atoms with Crippen LogP contribution in [0.5, 0.6) is 0 Å². The summed E-state index contributed by atoms with van der Waals surface area (Å²) in [4.78, 5) is 16.3.